The van der Waals surface area contributed by atoms with Crippen LogP contribution in [0.3, 0.4) is 0 Å². The quantitative estimate of drug-likeness (QED) is 0.845. The van der Waals surface area contributed by atoms with Crippen LogP contribution in [-0.2, 0) is 16.0 Å². The Labute approximate surface area is 138 Å². The first-order valence-electron chi connectivity index (χ1n) is 7.00. The first-order valence-corrected chi connectivity index (χ1v) is 7.38. The van der Waals surface area contributed by atoms with E-state index in [4.69, 9.17) is 16.3 Å². The van der Waals surface area contributed by atoms with Crippen molar-refractivity contribution in [1.82, 2.24) is 0 Å². The van der Waals surface area contributed by atoms with Crippen LogP contribution in [0.25, 0.3) is 0 Å². The predicted molar refractivity (Wildman–Crippen MR) is 86.1 cm³/mol. The molecule has 0 aliphatic rings. The maximum absolute atomic E-state index is 13.5. The number of carbonyl (C=O) groups excluding carboxylic acids is 2. The molecule has 0 saturated heterocycles. The number of hydrogen-bond acceptors (Lipinski definition) is 3. The van der Waals surface area contributed by atoms with Gasteiger partial charge in [0.25, 0.3) is 5.91 Å². The molecule has 120 valence electrons. The summed E-state index contributed by atoms with van der Waals surface area (Å²) in [5, 5.41) is 2.82. The molecule has 0 fully saturated rings. The van der Waals surface area contributed by atoms with Gasteiger partial charge in [0, 0.05) is 10.7 Å². The van der Waals surface area contributed by atoms with E-state index in [-0.39, 0.29) is 10.6 Å². The second kappa shape index (κ2) is 7.74. The number of rotatable bonds is 5. The zero-order valence-corrected chi connectivity index (χ0v) is 13.2. The van der Waals surface area contributed by atoms with Crippen LogP contribution >= 0.6 is 11.6 Å². The molecule has 0 saturated carbocycles. The molecule has 0 spiro atoms. The fourth-order valence-corrected chi connectivity index (χ4v) is 2.10. The molecule has 0 atom stereocenters. The van der Waals surface area contributed by atoms with Crippen LogP contribution in [0.5, 0.6) is 0 Å². The zero-order valence-electron chi connectivity index (χ0n) is 12.4. The number of hydrogen-bond donors (Lipinski definition) is 1. The molecule has 0 unspecified atom stereocenters. The number of amides is 1. The second-order valence-corrected chi connectivity index (χ2v) is 5.24. The van der Waals surface area contributed by atoms with Gasteiger partial charge in [-0.1, -0.05) is 30.7 Å². The van der Waals surface area contributed by atoms with Gasteiger partial charge in [0.1, 0.15) is 5.82 Å². The Morgan fingerprint density at radius 2 is 2.00 bits per heavy atom. The summed E-state index contributed by atoms with van der Waals surface area (Å²) >= 11 is 5.71. The minimum atomic E-state index is -0.942. The van der Waals surface area contributed by atoms with E-state index in [0.717, 1.165) is 24.1 Å². The zero-order chi connectivity index (χ0) is 16.8. The smallest absolute Gasteiger partial charge is 0.341 e. The summed E-state index contributed by atoms with van der Waals surface area (Å²) in [6.07, 6.45) is 0.840. The Bertz CT molecular complexity index is 734. The number of anilines is 1. The van der Waals surface area contributed by atoms with Crippen molar-refractivity contribution in [2.75, 3.05) is 11.9 Å². The van der Waals surface area contributed by atoms with Crippen LogP contribution in [0.2, 0.25) is 5.02 Å². The molecule has 2 aromatic rings. The highest BCUT2D eigenvalue weighted by Gasteiger charge is 2.15. The molecule has 0 radical (unpaired) electrons. The Morgan fingerprint density at radius 1 is 1.22 bits per heavy atom. The van der Waals surface area contributed by atoms with Gasteiger partial charge in [-0.15, -0.1) is 0 Å². The van der Waals surface area contributed by atoms with Gasteiger partial charge in [-0.25, -0.2) is 9.18 Å². The number of nitrogens with one attached hydrogen (secondary N) is 1. The van der Waals surface area contributed by atoms with E-state index >= 15 is 0 Å². The minimum Gasteiger partial charge on any atom is -0.452 e. The third-order valence-corrected chi connectivity index (χ3v) is 3.34. The number of ether oxygens (including phenoxy) is 1. The summed E-state index contributed by atoms with van der Waals surface area (Å²) in [6, 6.07) is 10.9. The van der Waals surface area contributed by atoms with E-state index in [9.17, 15) is 14.0 Å². The van der Waals surface area contributed by atoms with Gasteiger partial charge < -0.3 is 10.1 Å². The number of aryl methyl sites for hydroxylation is 1. The molecule has 0 bridgehead atoms. The van der Waals surface area contributed by atoms with E-state index in [1.54, 1.807) is 6.07 Å². The Hall–Kier alpha value is -2.40. The van der Waals surface area contributed by atoms with Crippen molar-refractivity contribution >= 4 is 29.2 Å². The summed E-state index contributed by atoms with van der Waals surface area (Å²) in [6.45, 7) is 1.49. The standard InChI is InChI=1S/C17H15ClFNO3/c1-2-11-4-3-5-13(8-11)20-16(21)10-23-17(22)14-9-12(18)6-7-15(14)19/h3-9H,2,10H2,1H3,(H,20,21). The van der Waals surface area contributed by atoms with Crippen molar-refractivity contribution in [3.63, 3.8) is 0 Å². The SMILES string of the molecule is CCc1cccc(NC(=O)COC(=O)c2cc(Cl)ccc2F)c1. The molecule has 0 heterocycles. The monoisotopic (exact) mass is 335 g/mol. The molecule has 6 heteroatoms. The van der Waals surface area contributed by atoms with Crippen molar-refractivity contribution < 1.29 is 18.7 Å². The second-order valence-electron chi connectivity index (χ2n) is 4.80. The summed E-state index contributed by atoms with van der Waals surface area (Å²) < 4.78 is 18.3. The average Bonchev–Trinajstić information content (AvgIpc) is 2.55. The Kier molecular flexibility index (Phi) is 5.71. The molecule has 1 N–H and O–H groups in total. The normalized spacial score (nSPS) is 10.2. The lowest BCUT2D eigenvalue weighted by molar-refractivity contribution is -0.119. The third-order valence-electron chi connectivity index (χ3n) is 3.10. The molecule has 2 aromatic carbocycles. The minimum absolute atomic E-state index is 0.208. The third kappa shape index (κ3) is 4.79. The van der Waals surface area contributed by atoms with Gasteiger partial charge in [0.05, 0.1) is 5.56 Å². The maximum atomic E-state index is 13.5. The van der Waals surface area contributed by atoms with Gasteiger partial charge >= 0.3 is 5.97 Å². The van der Waals surface area contributed by atoms with E-state index in [1.165, 1.54) is 6.07 Å². The van der Waals surface area contributed by atoms with Crippen molar-refractivity contribution in [2.24, 2.45) is 0 Å². The lowest BCUT2D eigenvalue weighted by Crippen LogP contribution is -2.21. The van der Waals surface area contributed by atoms with Crippen molar-refractivity contribution in [3.8, 4) is 0 Å². The summed E-state index contributed by atoms with van der Waals surface area (Å²) in [7, 11) is 0. The van der Waals surface area contributed by atoms with Crippen LogP contribution in [0.4, 0.5) is 10.1 Å². The maximum Gasteiger partial charge on any atom is 0.341 e. The number of esters is 1. The molecule has 0 aliphatic heterocycles. The van der Waals surface area contributed by atoms with Crippen molar-refractivity contribution in [3.05, 3.63) is 64.4 Å². The van der Waals surface area contributed by atoms with Crippen LogP contribution in [0.1, 0.15) is 22.8 Å². The Morgan fingerprint density at radius 3 is 2.74 bits per heavy atom. The first kappa shape index (κ1) is 17.0. The van der Waals surface area contributed by atoms with Gasteiger partial charge in [-0.2, -0.15) is 0 Å². The fourth-order valence-electron chi connectivity index (χ4n) is 1.93. The average molecular weight is 336 g/mol. The molecule has 23 heavy (non-hydrogen) atoms. The van der Waals surface area contributed by atoms with Crippen LogP contribution < -0.4 is 5.32 Å². The van der Waals surface area contributed by atoms with Crippen molar-refractivity contribution in [2.45, 2.75) is 13.3 Å². The van der Waals surface area contributed by atoms with Crippen molar-refractivity contribution in [1.29, 1.82) is 0 Å². The van der Waals surface area contributed by atoms with Crippen LogP contribution in [0.15, 0.2) is 42.5 Å². The van der Waals surface area contributed by atoms with Gasteiger partial charge in [-0.05, 0) is 42.3 Å². The highest BCUT2D eigenvalue weighted by atomic mass is 35.5. The van der Waals surface area contributed by atoms with E-state index < -0.39 is 24.3 Å². The van der Waals surface area contributed by atoms with Gasteiger partial charge in [0.2, 0.25) is 0 Å². The molecule has 0 aliphatic carbocycles. The molecule has 4 nitrogen and oxygen atoms in total. The lowest BCUT2D eigenvalue weighted by Gasteiger charge is -2.08. The van der Waals surface area contributed by atoms with E-state index in [2.05, 4.69) is 5.32 Å². The lowest BCUT2D eigenvalue weighted by atomic mass is 10.1. The molecular formula is C17H15ClFNO3. The summed E-state index contributed by atoms with van der Waals surface area (Å²) in [5.41, 5.74) is 1.37. The fraction of sp³-hybridized carbons (Fsp3) is 0.176. The molecule has 0 aromatic heterocycles. The molecular weight excluding hydrogens is 321 g/mol. The largest absolute Gasteiger partial charge is 0.452 e. The van der Waals surface area contributed by atoms with Crippen LogP contribution in [-0.4, -0.2) is 18.5 Å². The predicted octanol–water partition coefficient (Wildman–Crippen LogP) is 3.84. The van der Waals surface area contributed by atoms with Gasteiger partial charge in [0.15, 0.2) is 6.61 Å². The topological polar surface area (TPSA) is 55.4 Å². The van der Waals surface area contributed by atoms with Gasteiger partial charge in [-0.3, -0.25) is 4.79 Å². The number of carbonyl (C=O) groups is 2. The highest BCUT2D eigenvalue weighted by molar-refractivity contribution is 6.30. The Balaban J connectivity index is 1.93. The molecule has 1 amide bonds. The van der Waals surface area contributed by atoms with Crippen LogP contribution in [0, 0.1) is 5.82 Å². The summed E-state index contributed by atoms with van der Waals surface area (Å²) in [5.74, 6) is -2.20. The van der Waals surface area contributed by atoms with E-state index in [0.29, 0.717) is 5.69 Å². The summed E-state index contributed by atoms with van der Waals surface area (Å²) in [4.78, 5) is 23.6. The highest BCUT2D eigenvalue weighted by Crippen LogP contribution is 2.16. The number of halogens is 2. The molecule has 2 rings (SSSR count). The number of benzene rings is 2. The van der Waals surface area contributed by atoms with E-state index in [1.807, 2.05) is 25.1 Å². The first-order chi connectivity index (χ1) is 11.0.